The Labute approximate surface area is 147 Å². The summed E-state index contributed by atoms with van der Waals surface area (Å²) in [7, 11) is 0. The minimum absolute atomic E-state index is 0.0760. The normalized spacial score (nSPS) is 10.8. The lowest BCUT2D eigenvalue weighted by Gasteiger charge is -2.05. The third-order valence-electron chi connectivity index (χ3n) is 3.73. The molecule has 0 atom stereocenters. The molecule has 6 nitrogen and oxygen atoms in total. The highest BCUT2D eigenvalue weighted by atomic mass is 35.5. The van der Waals surface area contributed by atoms with Gasteiger partial charge in [-0.3, -0.25) is 14.6 Å². The van der Waals surface area contributed by atoms with Gasteiger partial charge >= 0.3 is 5.76 Å². The largest absolute Gasteiger partial charge is 0.417 e. The number of benzene rings is 2. The Morgan fingerprint density at radius 1 is 1.08 bits per heavy atom. The van der Waals surface area contributed by atoms with Crippen LogP contribution < -0.4 is 11.1 Å². The third kappa shape index (κ3) is 4.36. The van der Waals surface area contributed by atoms with Gasteiger partial charge in [-0.1, -0.05) is 23.7 Å². The Kier molecular flexibility index (Phi) is 5.00. The topological polar surface area (TPSA) is 92.2 Å². The molecule has 2 N–H and O–H groups in total. The highest BCUT2D eigenvalue weighted by molar-refractivity contribution is 6.30. The van der Waals surface area contributed by atoms with Crippen molar-refractivity contribution < 1.29 is 14.0 Å². The smallest absolute Gasteiger partial charge is 0.408 e. The molecule has 0 aliphatic carbocycles. The predicted molar refractivity (Wildman–Crippen MR) is 93.7 cm³/mol. The number of Topliss-reactive ketones (excluding diaryl/α,β-unsaturated/α-hetero) is 1. The molecule has 0 aliphatic heterocycles. The minimum Gasteiger partial charge on any atom is -0.408 e. The number of fused-ring (bicyclic) bond motifs is 1. The third-order valence-corrected chi connectivity index (χ3v) is 3.98. The Balaban J connectivity index is 1.52. The molecule has 2 aromatic carbocycles. The van der Waals surface area contributed by atoms with Crippen molar-refractivity contribution in [3.8, 4) is 0 Å². The summed E-state index contributed by atoms with van der Waals surface area (Å²) in [6.07, 6.45) is 0.161. The molecule has 0 fully saturated rings. The molecule has 0 radical (unpaired) electrons. The molecular formula is C18H15ClN2O4. The number of carbonyl (C=O) groups excluding carboxylic acids is 2. The van der Waals surface area contributed by atoms with E-state index in [1.165, 1.54) is 6.07 Å². The second-order valence-corrected chi connectivity index (χ2v) is 5.99. The fourth-order valence-corrected chi connectivity index (χ4v) is 2.51. The van der Waals surface area contributed by atoms with Crippen LogP contribution in [-0.2, 0) is 11.3 Å². The molecule has 0 saturated carbocycles. The Morgan fingerprint density at radius 2 is 1.84 bits per heavy atom. The van der Waals surface area contributed by atoms with Gasteiger partial charge in [0.05, 0.1) is 5.52 Å². The van der Waals surface area contributed by atoms with Gasteiger partial charge in [-0.15, -0.1) is 0 Å². The van der Waals surface area contributed by atoms with Crippen molar-refractivity contribution in [3.05, 3.63) is 69.2 Å². The average Bonchev–Trinajstić information content (AvgIpc) is 2.98. The molecular weight excluding hydrogens is 344 g/mol. The Morgan fingerprint density at radius 3 is 2.60 bits per heavy atom. The number of ketones is 1. The molecule has 0 bridgehead atoms. The lowest BCUT2D eigenvalue weighted by atomic mass is 10.1. The number of oxazole rings is 1. The van der Waals surface area contributed by atoms with Crippen molar-refractivity contribution in [1.82, 2.24) is 10.3 Å². The van der Waals surface area contributed by atoms with Gasteiger partial charge in [0.2, 0.25) is 5.91 Å². The summed E-state index contributed by atoms with van der Waals surface area (Å²) in [6, 6.07) is 11.9. The zero-order chi connectivity index (χ0) is 17.8. The molecule has 3 aromatic rings. The zero-order valence-electron chi connectivity index (χ0n) is 13.2. The molecule has 0 aliphatic rings. The number of halogens is 1. The SMILES string of the molecule is O=C(CCC(=O)c1ccc2[nH]c(=O)oc2c1)NCc1ccc(Cl)cc1. The predicted octanol–water partition coefficient (Wildman–Crippen LogP) is 3.05. The van der Waals surface area contributed by atoms with Crippen molar-refractivity contribution in [2.24, 2.45) is 0 Å². The second-order valence-electron chi connectivity index (χ2n) is 5.55. The first kappa shape index (κ1) is 17.0. The van der Waals surface area contributed by atoms with E-state index in [-0.39, 0.29) is 24.5 Å². The molecule has 1 heterocycles. The molecule has 128 valence electrons. The van der Waals surface area contributed by atoms with Crippen LogP contribution in [0.3, 0.4) is 0 Å². The van der Waals surface area contributed by atoms with Gasteiger partial charge in [-0.2, -0.15) is 0 Å². The van der Waals surface area contributed by atoms with Crippen LogP contribution in [0.25, 0.3) is 11.1 Å². The van der Waals surface area contributed by atoms with Crippen LogP contribution >= 0.6 is 11.6 Å². The molecule has 7 heteroatoms. The number of aromatic nitrogens is 1. The van der Waals surface area contributed by atoms with Crippen LogP contribution in [0.15, 0.2) is 51.7 Å². The van der Waals surface area contributed by atoms with Crippen LogP contribution in [0.4, 0.5) is 0 Å². The zero-order valence-corrected chi connectivity index (χ0v) is 13.9. The van der Waals surface area contributed by atoms with Crippen molar-refractivity contribution in [2.45, 2.75) is 19.4 Å². The summed E-state index contributed by atoms with van der Waals surface area (Å²) in [5, 5.41) is 3.39. The van der Waals surface area contributed by atoms with Crippen molar-refractivity contribution in [2.75, 3.05) is 0 Å². The van der Waals surface area contributed by atoms with E-state index in [0.717, 1.165) is 5.56 Å². The van der Waals surface area contributed by atoms with E-state index in [0.29, 0.717) is 28.2 Å². The van der Waals surface area contributed by atoms with E-state index in [4.69, 9.17) is 16.0 Å². The Bertz CT molecular complexity index is 973. The van der Waals surface area contributed by atoms with Gasteiger partial charge in [0.25, 0.3) is 0 Å². The second kappa shape index (κ2) is 7.36. The molecule has 0 saturated heterocycles. The summed E-state index contributed by atoms with van der Waals surface area (Å²) in [5.74, 6) is -0.967. The van der Waals surface area contributed by atoms with Gasteiger partial charge in [0, 0.05) is 30.0 Å². The van der Waals surface area contributed by atoms with E-state index < -0.39 is 5.76 Å². The minimum atomic E-state index is -0.568. The first-order valence-corrected chi connectivity index (χ1v) is 8.06. The number of rotatable bonds is 6. The maximum absolute atomic E-state index is 12.2. The van der Waals surface area contributed by atoms with Gasteiger partial charge < -0.3 is 9.73 Å². The fraction of sp³-hybridized carbons (Fsp3) is 0.167. The lowest BCUT2D eigenvalue weighted by Crippen LogP contribution is -2.23. The standard InChI is InChI=1S/C18H15ClN2O4/c19-13-4-1-11(2-5-13)10-20-17(23)8-7-15(22)12-3-6-14-16(9-12)25-18(24)21-14/h1-6,9H,7-8,10H2,(H,20,23)(H,21,24). The van der Waals surface area contributed by atoms with Crippen LogP contribution in [-0.4, -0.2) is 16.7 Å². The van der Waals surface area contributed by atoms with Crippen molar-refractivity contribution in [1.29, 1.82) is 0 Å². The summed E-state index contributed by atoms with van der Waals surface area (Å²) in [4.78, 5) is 37.7. The van der Waals surface area contributed by atoms with Gasteiger partial charge in [0.15, 0.2) is 11.4 Å². The van der Waals surface area contributed by atoms with Crippen LogP contribution in [0.5, 0.6) is 0 Å². The summed E-state index contributed by atoms with van der Waals surface area (Å²) >= 11 is 5.80. The number of aromatic amines is 1. The van der Waals surface area contributed by atoms with Crippen molar-refractivity contribution >= 4 is 34.4 Å². The molecule has 1 amide bonds. The van der Waals surface area contributed by atoms with E-state index in [2.05, 4.69) is 10.3 Å². The molecule has 0 spiro atoms. The quantitative estimate of drug-likeness (QED) is 0.662. The average molecular weight is 359 g/mol. The highest BCUT2D eigenvalue weighted by Gasteiger charge is 2.11. The number of H-pyrrole nitrogens is 1. The monoisotopic (exact) mass is 358 g/mol. The Hall–Kier alpha value is -2.86. The van der Waals surface area contributed by atoms with E-state index >= 15 is 0 Å². The fourth-order valence-electron chi connectivity index (χ4n) is 2.38. The van der Waals surface area contributed by atoms with Gasteiger partial charge in [0.1, 0.15) is 0 Å². The van der Waals surface area contributed by atoms with E-state index in [1.807, 2.05) is 12.1 Å². The number of hydrogen-bond donors (Lipinski definition) is 2. The number of nitrogens with one attached hydrogen (secondary N) is 2. The van der Waals surface area contributed by atoms with Gasteiger partial charge in [-0.05, 0) is 35.9 Å². The van der Waals surface area contributed by atoms with Crippen LogP contribution in [0.1, 0.15) is 28.8 Å². The number of hydrogen-bond acceptors (Lipinski definition) is 4. The maximum atomic E-state index is 12.2. The lowest BCUT2D eigenvalue weighted by molar-refractivity contribution is -0.121. The first-order valence-electron chi connectivity index (χ1n) is 7.68. The first-order chi connectivity index (χ1) is 12.0. The molecule has 0 unspecified atom stereocenters. The van der Waals surface area contributed by atoms with Crippen LogP contribution in [0, 0.1) is 0 Å². The van der Waals surface area contributed by atoms with Crippen LogP contribution in [0.2, 0.25) is 5.02 Å². The highest BCUT2D eigenvalue weighted by Crippen LogP contribution is 2.14. The summed E-state index contributed by atoms with van der Waals surface area (Å²) < 4.78 is 4.93. The molecule has 1 aromatic heterocycles. The van der Waals surface area contributed by atoms with Gasteiger partial charge in [-0.25, -0.2) is 4.79 Å². The maximum Gasteiger partial charge on any atom is 0.417 e. The summed E-state index contributed by atoms with van der Waals surface area (Å²) in [6.45, 7) is 0.380. The van der Waals surface area contributed by atoms with E-state index in [1.54, 1.807) is 24.3 Å². The number of carbonyl (C=O) groups is 2. The number of amides is 1. The molecule has 3 rings (SSSR count). The summed E-state index contributed by atoms with van der Waals surface area (Å²) in [5.41, 5.74) is 2.18. The van der Waals surface area contributed by atoms with E-state index in [9.17, 15) is 14.4 Å². The molecule has 25 heavy (non-hydrogen) atoms. The van der Waals surface area contributed by atoms with Crippen molar-refractivity contribution in [3.63, 3.8) is 0 Å².